The lowest BCUT2D eigenvalue weighted by atomic mass is 9.86. The summed E-state index contributed by atoms with van der Waals surface area (Å²) in [6.45, 7) is 2.58. The fraction of sp³-hybridized carbons (Fsp3) is 0.250. The molecule has 3 amide bonds. The molecule has 5 rings (SSSR count). The van der Waals surface area contributed by atoms with Crippen LogP contribution in [0.3, 0.4) is 0 Å². The molecule has 2 atom stereocenters. The van der Waals surface area contributed by atoms with E-state index in [4.69, 9.17) is 4.74 Å². The second-order valence-corrected chi connectivity index (χ2v) is 8.94. The summed E-state index contributed by atoms with van der Waals surface area (Å²) in [7, 11) is 0. The molecule has 3 aromatic carbocycles. The van der Waals surface area contributed by atoms with Crippen LogP contribution in [0, 0.1) is 0 Å². The molecule has 0 saturated carbocycles. The molecule has 9 heteroatoms. The fourth-order valence-electron chi connectivity index (χ4n) is 4.73. The summed E-state index contributed by atoms with van der Waals surface area (Å²) in [5.41, 5.74) is 0.0650. The highest BCUT2D eigenvalue weighted by Gasteiger charge is 2.57. The number of carbonyl (C=O) groups excluding carboxylic acids is 3. The molecule has 2 heterocycles. The monoisotopic (exact) mass is 508 g/mol. The molecule has 0 bridgehead atoms. The highest BCUT2D eigenvalue weighted by atomic mass is 19.4. The van der Waals surface area contributed by atoms with Crippen molar-refractivity contribution < 1.29 is 32.3 Å². The van der Waals surface area contributed by atoms with Crippen molar-refractivity contribution in [2.75, 3.05) is 11.5 Å². The third-order valence-corrected chi connectivity index (χ3v) is 6.61. The number of hydrogen-bond acceptors (Lipinski definition) is 4. The molecule has 3 aromatic rings. The van der Waals surface area contributed by atoms with E-state index in [1.165, 1.54) is 29.2 Å². The predicted molar refractivity (Wildman–Crippen MR) is 129 cm³/mol. The van der Waals surface area contributed by atoms with E-state index in [-0.39, 0.29) is 16.8 Å². The summed E-state index contributed by atoms with van der Waals surface area (Å²) in [4.78, 5) is 41.9. The number of unbranched alkanes of at least 4 members (excludes halogenated alkanes) is 1. The van der Waals surface area contributed by atoms with Crippen molar-refractivity contribution in [2.24, 2.45) is 0 Å². The van der Waals surface area contributed by atoms with Gasteiger partial charge >= 0.3 is 6.18 Å². The number of nitrogens with zero attached hydrogens (tertiary/aromatic N) is 2. The minimum absolute atomic E-state index is 0.0287. The topological polar surface area (TPSA) is 66.9 Å². The highest BCUT2D eigenvalue weighted by Crippen LogP contribution is 2.45. The molecular weight excluding hydrogens is 485 g/mol. The molecular formula is C28H23F3N2O4. The van der Waals surface area contributed by atoms with Crippen molar-refractivity contribution in [3.63, 3.8) is 0 Å². The maximum absolute atomic E-state index is 13.5. The van der Waals surface area contributed by atoms with Crippen LogP contribution in [0.4, 0.5) is 18.9 Å². The van der Waals surface area contributed by atoms with Gasteiger partial charge in [0.2, 0.25) is 0 Å². The van der Waals surface area contributed by atoms with E-state index in [2.05, 4.69) is 0 Å². The van der Waals surface area contributed by atoms with Crippen LogP contribution >= 0.6 is 0 Å². The van der Waals surface area contributed by atoms with Crippen molar-refractivity contribution >= 4 is 23.4 Å². The van der Waals surface area contributed by atoms with Crippen LogP contribution in [0.1, 0.15) is 57.7 Å². The zero-order valence-corrected chi connectivity index (χ0v) is 19.9. The number of alkyl halides is 3. The molecule has 2 unspecified atom stereocenters. The zero-order valence-electron chi connectivity index (χ0n) is 19.9. The third-order valence-electron chi connectivity index (χ3n) is 6.61. The summed E-state index contributed by atoms with van der Waals surface area (Å²) in [6, 6.07) is 15.5. The number of benzene rings is 3. The van der Waals surface area contributed by atoms with Gasteiger partial charge in [-0.15, -0.1) is 0 Å². The number of halogens is 3. The van der Waals surface area contributed by atoms with E-state index in [1.54, 1.807) is 36.4 Å². The van der Waals surface area contributed by atoms with Gasteiger partial charge in [0.15, 0.2) is 0 Å². The van der Waals surface area contributed by atoms with Crippen LogP contribution in [0.25, 0.3) is 0 Å². The fourth-order valence-corrected chi connectivity index (χ4v) is 4.73. The van der Waals surface area contributed by atoms with Crippen LogP contribution in [0.15, 0.2) is 72.8 Å². The molecule has 0 radical (unpaired) electrons. The lowest BCUT2D eigenvalue weighted by Gasteiger charge is -2.49. The first-order chi connectivity index (χ1) is 17.7. The number of imide groups is 1. The van der Waals surface area contributed by atoms with Crippen molar-refractivity contribution in [1.82, 2.24) is 4.90 Å². The van der Waals surface area contributed by atoms with Crippen LogP contribution in [0.5, 0.6) is 5.75 Å². The maximum Gasteiger partial charge on any atom is 0.416 e. The number of anilines is 1. The Morgan fingerprint density at radius 2 is 1.46 bits per heavy atom. The molecule has 37 heavy (non-hydrogen) atoms. The van der Waals surface area contributed by atoms with E-state index in [1.807, 2.05) is 6.92 Å². The number of hydrogen-bond donors (Lipinski definition) is 0. The number of rotatable bonds is 7. The van der Waals surface area contributed by atoms with E-state index < -0.39 is 41.5 Å². The van der Waals surface area contributed by atoms with Crippen LogP contribution < -0.4 is 9.64 Å². The van der Waals surface area contributed by atoms with Gasteiger partial charge in [-0.05, 0) is 54.4 Å². The van der Waals surface area contributed by atoms with E-state index in [9.17, 15) is 27.6 Å². The summed E-state index contributed by atoms with van der Waals surface area (Å²) in [5.74, 6) is -1.24. The predicted octanol–water partition coefficient (Wildman–Crippen LogP) is 5.64. The average molecular weight is 508 g/mol. The van der Waals surface area contributed by atoms with Crippen LogP contribution in [-0.2, 0) is 11.0 Å². The van der Waals surface area contributed by atoms with Gasteiger partial charge < -0.3 is 9.64 Å². The minimum Gasteiger partial charge on any atom is -0.494 e. The smallest absolute Gasteiger partial charge is 0.416 e. The lowest BCUT2D eigenvalue weighted by Crippen LogP contribution is -2.67. The summed E-state index contributed by atoms with van der Waals surface area (Å²) in [6.07, 6.45) is -2.75. The van der Waals surface area contributed by atoms with Crippen molar-refractivity contribution in [3.8, 4) is 5.75 Å². The second-order valence-electron chi connectivity index (χ2n) is 8.94. The number of β-lactam (4-membered cyclic amide) rings is 1. The van der Waals surface area contributed by atoms with Gasteiger partial charge in [-0.3, -0.25) is 19.3 Å². The summed E-state index contributed by atoms with van der Waals surface area (Å²) < 4.78 is 45.9. The Morgan fingerprint density at radius 3 is 2.05 bits per heavy atom. The van der Waals surface area contributed by atoms with Gasteiger partial charge in [0.05, 0.1) is 29.3 Å². The normalized spacial score (nSPS) is 19.2. The molecule has 0 N–H and O–H groups in total. The van der Waals surface area contributed by atoms with Crippen molar-refractivity contribution in [2.45, 2.75) is 38.0 Å². The number of carbonyl (C=O) groups is 3. The number of ether oxygens (including phenoxy) is 1. The maximum atomic E-state index is 13.5. The molecule has 1 fully saturated rings. The first kappa shape index (κ1) is 24.5. The van der Waals surface area contributed by atoms with Gasteiger partial charge in [-0.1, -0.05) is 43.7 Å². The number of fused-ring (bicyclic) bond motifs is 1. The molecule has 2 aliphatic heterocycles. The first-order valence-corrected chi connectivity index (χ1v) is 11.9. The lowest BCUT2D eigenvalue weighted by molar-refractivity contribution is -0.137. The van der Waals surface area contributed by atoms with Crippen LogP contribution in [-0.4, -0.2) is 35.3 Å². The molecule has 190 valence electrons. The quantitative estimate of drug-likeness (QED) is 0.236. The van der Waals surface area contributed by atoms with E-state index >= 15 is 0 Å². The molecule has 6 nitrogen and oxygen atoms in total. The molecule has 0 aromatic heterocycles. The second kappa shape index (κ2) is 9.38. The van der Waals surface area contributed by atoms with E-state index in [0.717, 1.165) is 29.9 Å². The Hall–Kier alpha value is -4.14. The zero-order chi connectivity index (χ0) is 26.3. The van der Waals surface area contributed by atoms with Gasteiger partial charge in [-0.25, -0.2) is 0 Å². The minimum atomic E-state index is -4.60. The van der Waals surface area contributed by atoms with Gasteiger partial charge in [0.1, 0.15) is 11.8 Å². The van der Waals surface area contributed by atoms with Crippen molar-refractivity contribution in [3.05, 3.63) is 95.1 Å². The Morgan fingerprint density at radius 1 is 0.811 bits per heavy atom. The first-order valence-electron chi connectivity index (χ1n) is 11.9. The Balaban J connectivity index is 1.53. The number of amides is 3. The largest absolute Gasteiger partial charge is 0.494 e. The Bertz CT molecular complexity index is 1340. The highest BCUT2D eigenvalue weighted by molar-refractivity contribution is 6.24. The average Bonchev–Trinajstić information content (AvgIpc) is 3.13. The summed E-state index contributed by atoms with van der Waals surface area (Å²) >= 11 is 0. The van der Waals surface area contributed by atoms with Gasteiger partial charge in [0, 0.05) is 5.69 Å². The SMILES string of the molecule is CCCCOc1ccc(C2C(N3C(=O)c4ccccc4C3=O)C(=O)N2c2cccc(C(F)(F)F)c2)cc1. The standard InChI is InChI=1S/C28H23F3N2O4/c1-2-3-15-37-20-13-11-17(12-14-20)23-24(33-25(34)21-9-4-5-10-22(21)26(33)35)27(36)32(23)19-8-6-7-18(16-19)28(29,30)31/h4-14,16,23-24H,2-3,15H2,1H3. The summed E-state index contributed by atoms with van der Waals surface area (Å²) in [5, 5.41) is 0. The molecule has 1 saturated heterocycles. The Labute approximate surface area is 211 Å². The molecule has 0 spiro atoms. The van der Waals surface area contributed by atoms with E-state index in [0.29, 0.717) is 17.9 Å². The van der Waals surface area contributed by atoms with Gasteiger partial charge in [-0.2, -0.15) is 13.2 Å². The van der Waals surface area contributed by atoms with Gasteiger partial charge in [0.25, 0.3) is 17.7 Å². The van der Waals surface area contributed by atoms with Crippen molar-refractivity contribution in [1.29, 1.82) is 0 Å². The molecule has 0 aliphatic carbocycles. The Kier molecular flexibility index (Phi) is 6.23. The van der Waals surface area contributed by atoms with Crippen LogP contribution in [0.2, 0.25) is 0 Å². The molecule has 2 aliphatic rings. The third kappa shape index (κ3) is 4.24.